The first-order chi connectivity index (χ1) is 31.9. The highest BCUT2D eigenvalue weighted by molar-refractivity contribution is 7.80. The molecule has 3 aromatic carbocycles. The van der Waals surface area contributed by atoms with Crippen LogP contribution in [0.2, 0.25) is 0 Å². The summed E-state index contributed by atoms with van der Waals surface area (Å²) < 4.78 is 19.8. The first-order valence-corrected chi connectivity index (χ1v) is 21.0. The molecule has 0 saturated heterocycles. The zero-order valence-corrected chi connectivity index (χ0v) is 35.7. The number of esters is 1. The minimum absolute atomic E-state index is 0.00925. The van der Waals surface area contributed by atoms with Gasteiger partial charge in [-0.1, -0.05) is 18.2 Å². The van der Waals surface area contributed by atoms with Gasteiger partial charge in [0, 0.05) is 59.8 Å². The van der Waals surface area contributed by atoms with Crippen LogP contribution in [0.4, 0.5) is 22.1 Å². The average molecular weight is 907 g/mol. The van der Waals surface area contributed by atoms with Crippen LogP contribution in [-0.2, 0) is 23.0 Å². The number of nitrogens with one attached hydrogen (secondary N) is 4. The van der Waals surface area contributed by atoms with E-state index in [1.807, 2.05) is 0 Å². The molecule has 0 spiro atoms. The Bertz CT molecular complexity index is 3340. The van der Waals surface area contributed by atoms with Crippen LogP contribution in [0.5, 0.6) is 5.75 Å². The average Bonchev–Trinajstić information content (AvgIpc) is 4.06. The molecule has 19 nitrogen and oxygen atoms in total. The Kier molecular flexibility index (Phi) is 11.8. The number of amides is 2. The SMILES string of the molecule is Cn1cc2c(nc(NC(=O)Nc3ccc(CC(=O)OCCCCCNC(=S)Nc4ccc(-c5c6ccc(=O)cc-6oc6cc(O)ccc56)c(C(=O)O)c4)cc3)n3nc(-c4ccco4)nc23)n1. The molecule has 0 radical (unpaired) electrons. The molecule has 4 aromatic heterocycles. The van der Waals surface area contributed by atoms with Crippen molar-refractivity contribution in [1.29, 1.82) is 0 Å². The van der Waals surface area contributed by atoms with Crippen molar-refractivity contribution >= 4 is 80.3 Å². The number of carboxylic acids is 1. The minimum Gasteiger partial charge on any atom is -0.508 e. The highest BCUT2D eigenvalue weighted by atomic mass is 32.1. The number of phenols is 1. The van der Waals surface area contributed by atoms with Gasteiger partial charge in [0.25, 0.3) is 0 Å². The highest BCUT2D eigenvalue weighted by Crippen LogP contribution is 2.42. The number of aryl methyl sites for hydroxylation is 1. The van der Waals surface area contributed by atoms with Crippen LogP contribution in [-0.4, -0.2) is 75.8 Å². The van der Waals surface area contributed by atoms with Crippen LogP contribution in [0, 0.1) is 0 Å². The Morgan fingerprint density at radius 1 is 0.833 bits per heavy atom. The summed E-state index contributed by atoms with van der Waals surface area (Å²) in [6, 6.07) is 23.4. The van der Waals surface area contributed by atoms with Gasteiger partial charge < -0.3 is 39.7 Å². The third kappa shape index (κ3) is 9.19. The smallest absolute Gasteiger partial charge is 0.336 e. The Labute approximate surface area is 378 Å². The number of aromatic nitrogens is 6. The number of carbonyl (C=O) groups is 3. The number of carboxylic acid groups (broad SMARTS) is 1. The molecule has 332 valence electrons. The molecule has 5 heterocycles. The van der Waals surface area contributed by atoms with Gasteiger partial charge in [-0.25, -0.2) is 14.6 Å². The summed E-state index contributed by atoms with van der Waals surface area (Å²) in [7, 11) is 1.76. The van der Waals surface area contributed by atoms with E-state index in [-0.39, 0.29) is 47.4 Å². The summed E-state index contributed by atoms with van der Waals surface area (Å²) in [5, 5.41) is 42.3. The number of unbranched alkanes of at least 4 members (excludes halogenated alkanes) is 2. The number of hydrogen-bond donors (Lipinski definition) is 6. The van der Waals surface area contributed by atoms with Crippen molar-refractivity contribution in [3.8, 4) is 39.8 Å². The molecule has 7 aromatic rings. The number of thiocarbonyl (C=S) groups is 1. The fraction of sp³-hybridized carbons (Fsp3) is 0.152. The summed E-state index contributed by atoms with van der Waals surface area (Å²) in [6.07, 6.45) is 5.44. The van der Waals surface area contributed by atoms with E-state index in [0.29, 0.717) is 90.9 Å². The molecule has 0 unspecified atom stereocenters. The Morgan fingerprint density at radius 2 is 1.65 bits per heavy atom. The van der Waals surface area contributed by atoms with E-state index in [0.717, 1.165) is 12.8 Å². The summed E-state index contributed by atoms with van der Waals surface area (Å²) in [5.41, 5.74) is 3.93. The van der Waals surface area contributed by atoms with Crippen molar-refractivity contribution in [1.82, 2.24) is 34.7 Å². The molecular weight excluding hydrogens is 869 g/mol. The van der Waals surface area contributed by atoms with Crippen molar-refractivity contribution in [2.75, 3.05) is 29.1 Å². The summed E-state index contributed by atoms with van der Waals surface area (Å²) in [4.78, 5) is 59.4. The van der Waals surface area contributed by atoms with E-state index >= 15 is 0 Å². The van der Waals surface area contributed by atoms with Gasteiger partial charge in [-0.3, -0.25) is 19.6 Å². The van der Waals surface area contributed by atoms with Gasteiger partial charge in [-0.15, -0.1) is 5.10 Å². The van der Waals surface area contributed by atoms with Crippen molar-refractivity contribution in [3.05, 3.63) is 125 Å². The maximum Gasteiger partial charge on any atom is 0.336 e. The van der Waals surface area contributed by atoms with E-state index in [2.05, 4.69) is 41.4 Å². The Hall–Kier alpha value is -8.65. The maximum atomic E-state index is 13.1. The lowest BCUT2D eigenvalue weighted by molar-refractivity contribution is -0.142. The number of phenolic OH excluding ortho intramolecular Hbond substituents is 1. The van der Waals surface area contributed by atoms with Gasteiger partial charge in [-0.2, -0.15) is 14.6 Å². The third-order valence-electron chi connectivity index (χ3n) is 10.4. The first kappa shape index (κ1) is 42.6. The van der Waals surface area contributed by atoms with Crippen LogP contribution in [0.25, 0.3) is 61.7 Å². The second-order valence-electron chi connectivity index (χ2n) is 15.1. The molecule has 0 saturated carbocycles. The number of hydrogen-bond acceptors (Lipinski definition) is 13. The summed E-state index contributed by atoms with van der Waals surface area (Å²) in [6.45, 7) is 0.765. The van der Waals surface area contributed by atoms with Gasteiger partial charge in [0.2, 0.25) is 11.8 Å². The lowest BCUT2D eigenvalue weighted by atomic mass is 9.90. The van der Waals surface area contributed by atoms with Crippen LogP contribution < -0.4 is 26.7 Å². The Balaban J connectivity index is 0.716. The van der Waals surface area contributed by atoms with Gasteiger partial charge in [0.1, 0.15) is 17.1 Å². The number of anilines is 3. The normalized spacial score (nSPS) is 11.3. The van der Waals surface area contributed by atoms with E-state index in [1.54, 1.807) is 78.6 Å². The van der Waals surface area contributed by atoms with Gasteiger partial charge in [0.15, 0.2) is 27.6 Å². The topological polar surface area (TPSA) is 253 Å². The van der Waals surface area contributed by atoms with E-state index in [9.17, 15) is 29.4 Å². The number of urea groups is 1. The number of ether oxygens (including phenoxy) is 1. The molecular formula is C46H38N10O9S. The highest BCUT2D eigenvalue weighted by Gasteiger charge is 2.23. The van der Waals surface area contributed by atoms with E-state index in [4.69, 9.17) is 25.8 Å². The van der Waals surface area contributed by atoms with E-state index in [1.165, 1.54) is 41.1 Å². The van der Waals surface area contributed by atoms with Crippen molar-refractivity contribution in [2.45, 2.75) is 25.7 Å². The predicted molar refractivity (Wildman–Crippen MR) is 248 cm³/mol. The van der Waals surface area contributed by atoms with Crippen LogP contribution >= 0.6 is 12.2 Å². The zero-order valence-electron chi connectivity index (χ0n) is 34.9. The van der Waals surface area contributed by atoms with Crippen LogP contribution in [0.1, 0.15) is 35.2 Å². The number of nitrogens with zero attached hydrogens (tertiary/aromatic N) is 6. The van der Waals surface area contributed by atoms with Crippen molar-refractivity contribution in [2.24, 2.45) is 7.05 Å². The molecule has 2 aliphatic rings. The number of fused-ring (bicyclic) bond motifs is 5. The molecule has 2 amide bonds. The zero-order chi connectivity index (χ0) is 45.9. The number of furan rings is 1. The maximum absolute atomic E-state index is 13.1. The lowest BCUT2D eigenvalue weighted by Gasteiger charge is -2.18. The second kappa shape index (κ2) is 18.2. The fourth-order valence-corrected chi connectivity index (χ4v) is 7.63. The van der Waals surface area contributed by atoms with E-state index < -0.39 is 12.0 Å². The molecule has 0 atom stereocenters. The monoisotopic (exact) mass is 906 g/mol. The van der Waals surface area contributed by atoms with Gasteiger partial charge in [0.05, 0.1) is 30.2 Å². The molecule has 1 aliphatic heterocycles. The second-order valence-corrected chi connectivity index (χ2v) is 15.5. The van der Waals surface area contributed by atoms with Crippen molar-refractivity contribution in [3.63, 3.8) is 0 Å². The molecule has 6 N–H and O–H groups in total. The fourth-order valence-electron chi connectivity index (χ4n) is 7.41. The van der Waals surface area contributed by atoms with Gasteiger partial charge in [-0.05, 0) is 103 Å². The van der Waals surface area contributed by atoms with Crippen molar-refractivity contribution < 1.29 is 38.2 Å². The van der Waals surface area contributed by atoms with Gasteiger partial charge >= 0.3 is 18.0 Å². The number of carbonyl (C=O) groups excluding carboxylic acids is 2. The number of aromatic hydroxyl groups is 1. The van der Waals surface area contributed by atoms with Crippen LogP contribution in [0.3, 0.4) is 0 Å². The molecule has 0 fully saturated rings. The molecule has 9 rings (SSSR count). The predicted octanol–water partition coefficient (Wildman–Crippen LogP) is 7.44. The molecule has 1 aliphatic carbocycles. The van der Waals surface area contributed by atoms with Crippen LogP contribution in [0.15, 0.2) is 117 Å². The molecule has 20 heteroatoms. The number of benzene rings is 4. The summed E-state index contributed by atoms with van der Waals surface area (Å²) in [5.74, 6) is -0.470. The Morgan fingerprint density at radius 3 is 2.45 bits per heavy atom. The minimum atomic E-state index is -1.17. The third-order valence-corrected chi connectivity index (χ3v) is 10.7. The lowest BCUT2D eigenvalue weighted by Crippen LogP contribution is -2.29. The summed E-state index contributed by atoms with van der Waals surface area (Å²) >= 11 is 5.48. The molecule has 66 heavy (non-hydrogen) atoms. The largest absolute Gasteiger partial charge is 0.508 e. The quantitative estimate of drug-likeness (QED) is 0.0268. The first-order valence-electron chi connectivity index (χ1n) is 20.5. The standard InChI is InChI=1S/C46H38N10O9S/c1-55-24-34-40(53-55)51-44(56-42(34)50-41(54-56)35-6-5-19-63-35)52-45(62)48-26-9-7-25(8-10-26)20-38(59)64-18-4-2-3-17-47-46(66)49-27-11-14-30(33(21-27)43(60)61)39-31-15-12-28(57)22-36(31)65-37-23-29(58)13-16-32(37)39/h5-16,19,21-24,57H,2-4,17-18,20H2,1H3,(H,60,61)(H2,47,49,66)(H2,48,51,52,53,62). The number of aromatic carboxylic acids is 1. The molecule has 0 bridgehead atoms. The number of rotatable bonds is 14.